The summed E-state index contributed by atoms with van der Waals surface area (Å²) < 4.78 is 0. The van der Waals surface area contributed by atoms with Gasteiger partial charge in [0.2, 0.25) is 5.91 Å². The summed E-state index contributed by atoms with van der Waals surface area (Å²) in [6.45, 7) is 0.954. The van der Waals surface area contributed by atoms with E-state index in [0.717, 1.165) is 32.2 Å². The predicted octanol–water partition coefficient (Wildman–Crippen LogP) is 0.842. The maximum Gasteiger partial charge on any atom is 0.317 e. The van der Waals surface area contributed by atoms with Crippen LogP contribution < -0.4 is 5.32 Å². The molecule has 0 aromatic carbocycles. The van der Waals surface area contributed by atoms with E-state index < -0.39 is 5.97 Å². The second-order valence-electron chi connectivity index (χ2n) is 5.48. The standard InChI is InChI=1S/C13H22N2O3/c16-12(14-7-10-5-6-10)8-15(9-13(17)18)11-3-1-2-4-11/h10-11H,1-9H2,(H,14,16)(H,17,18). The Morgan fingerprint density at radius 3 is 2.33 bits per heavy atom. The average molecular weight is 254 g/mol. The molecule has 0 aromatic rings. The number of aliphatic carboxylic acids is 1. The molecule has 0 spiro atoms. The van der Waals surface area contributed by atoms with E-state index in [1.54, 1.807) is 0 Å². The molecule has 5 nitrogen and oxygen atoms in total. The van der Waals surface area contributed by atoms with Crippen molar-refractivity contribution in [3.63, 3.8) is 0 Å². The summed E-state index contributed by atoms with van der Waals surface area (Å²) in [5.41, 5.74) is 0. The smallest absolute Gasteiger partial charge is 0.317 e. The maximum atomic E-state index is 11.8. The quantitative estimate of drug-likeness (QED) is 0.706. The summed E-state index contributed by atoms with van der Waals surface area (Å²) in [5.74, 6) is -0.222. The van der Waals surface area contributed by atoms with E-state index in [9.17, 15) is 9.59 Å². The first-order valence-corrected chi connectivity index (χ1v) is 6.87. The number of carboxylic acids is 1. The predicted molar refractivity (Wildman–Crippen MR) is 67.2 cm³/mol. The van der Waals surface area contributed by atoms with Gasteiger partial charge in [-0.05, 0) is 31.6 Å². The van der Waals surface area contributed by atoms with Crippen LogP contribution in [0.25, 0.3) is 0 Å². The molecule has 0 aromatic heterocycles. The Morgan fingerprint density at radius 1 is 1.11 bits per heavy atom. The van der Waals surface area contributed by atoms with Gasteiger partial charge in [0.1, 0.15) is 0 Å². The van der Waals surface area contributed by atoms with Crippen LogP contribution in [0.2, 0.25) is 0 Å². The highest BCUT2D eigenvalue weighted by molar-refractivity contribution is 5.79. The van der Waals surface area contributed by atoms with Gasteiger partial charge in [-0.15, -0.1) is 0 Å². The molecule has 2 aliphatic carbocycles. The minimum Gasteiger partial charge on any atom is -0.480 e. The Bertz CT molecular complexity index is 309. The van der Waals surface area contributed by atoms with Gasteiger partial charge >= 0.3 is 5.97 Å². The number of nitrogens with zero attached hydrogens (tertiary/aromatic N) is 1. The summed E-state index contributed by atoms with van der Waals surface area (Å²) in [4.78, 5) is 24.4. The third-order valence-corrected chi connectivity index (χ3v) is 3.81. The van der Waals surface area contributed by atoms with Crippen molar-refractivity contribution in [3.8, 4) is 0 Å². The van der Waals surface area contributed by atoms with Crippen LogP contribution in [0.3, 0.4) is 0 Å². The third-order valence-electron chi connectivity index (χ3n) is 3.81. The molecule has 0 bridgehead atoms. The number of hydrogen-bond acceptors (Lipinski definition) is 3. The lowest BCUT2D eigenvalue weighted by atomic mass is 10.2. The first-order chi connectivity index (χ1) is 8.65. The molecule has 2 fully saturated rings. The second-order valence-corrected chi connectivity index (χ2v) is 5.48. The zero-order valence-electron chi connectivity index (χ0n) is 10.7. The lowest BCUT2D eigenvalue weighted by molar-refractivity contribution is -0.139. The number of rotatable bonds is 7. The summed E-state index contributed by atoms with van der Waals surface area (Å²) >= 11 is 0. The van der Waals surface area contributed by atoms with Crippen LogP contribution in [-0.4, -0.2) is 47.6 Å². The fourth-order valence-corrected chi connectivity index (χ4v) is 2.58. The first-order valence-electron chi connectivity index (χ1n) is 6.87. The van der Waals surface area contributed by atoms with Crippen molar-refractivity contribution >= 4 is 11.9 Å². The molecule has 2 aliphatic rings. The van der Waals surface area contributed by atoms with Crippen molar-refractivity contribution < 1.29 is 14.7 Å². The molecule has 0 unspecified atom stereocenters. The van der Waals surface area contributed by atoms with Crippen molar-refractivity contribution in [3.05, 3.63) is 0 Å². The van der Waals surface area contributed by atoms with Crippen LogP contribution in [0.5, 0.6) is 0 Å². The zero-order valence-corrected chi connectivity index (χ0v) is 10.7. The minimum absolute atomic E-state index is 0.0263. The van der Waals surface area contributed by atoms with Gasteiger partial charge in [0.25, 0.3) is 0 Å². The van der Waals surface area contributed by atoms with Crippen molar-refractivity contribution in [1.82, 2.24) is 10.2 Å². The zero-order chi connectivity index (χ0) is 13.0. The Balaban J connectivity index is 1.78. The molecule has 2 rings (SSSR count). The fraction of sp³-hybridized carbons (Fsp3) is 0.846. The Hall–Kier alpha value is -1.10. The summed E-state index contributed by atoms with van der Waals surface area (Å²) in [5, 5.41) is 11.8. The van der Waals surface area contributed by atoms with Crippen molar-refractivity contribution in [2.75, 3.05) is 19.6 Å². The maximum absolute atomic E-state index is 11.8. The molecule has 2 saturated carbocycles. The summed E-state index contributed by atoms with van der Waals surface area (Å²) in [6, 6.07) is 0.271. The van der Waals surface area contributed by atoms with Crippen LogP contribution in [0.1, 0.15) is 38.5 Å². The van der Waals surface area contributed by atoms with E-state index in [-0.39, 0.29) is 25.0 Å². The number of carbonyl (C=O) groups is 2. The largest absolute Gasteiger partial charge is 0.480 e. The van der Waals surface area contributed by atoms with E-state index in [1.807, 2.05) is 4.90 Å². The van der Waals surface area contributed by atoms with Gasteiger partial charge in [0, 0.05) is 12.6 Å². The van der Waals surface area contributed by atoms with Crippen LogP contribution in [0.15, 0.2) is 0 Å². The molecule has 18 heavy (non-hydrogen) atoms. The molecule has 0 atom stereocenters. The van der Waals surface area contributed by atoms with Gasteiger partial charge in [-0.25, -0.2) is 0 Å². The van der Waals surface area contributed by atoms with E-state index >= 15 is 0 Å². The van der Waals surface area contributed by atoms with E-state index in [1.165, 1.54) is 12.8 Å². The average Bonchev–Trinajstić information content (AvgIpc) is 2.97. The molecule has 0 aliphatic heterocycles. The van der Waals surface area contributed by atoms with Crippen molar-refractivity contribution in [2.24, 2.45) is 5.92 Å². The van der Waals surface area contributed by atoms with Gasteiger partial charge < -0.3 is 10.4 Å². The summed E-state index contributed by atoms with van der Waals surface area (Å²) in [6.07, 6.45) is 6.74. The molecular weight excluding hydrogens is 232 g/mol. The highest BCUT2D eigenvalue weighted by atomic mass is 16.4. The van der Waals surface area contributed by atoms with E-state index in [2.05, 4.69) is 5.32 Å². The normalized spacial score (nSPS) is 20.3. The van der Waals surface area contributed by atoms with Gasteiger partial charge in [-0.1, -0.05) is 12.8 Å². The Kier molecular flexibility index (Phi) is 4.58. The van der Waals surface area contributed by atoms with Gasteiger partial charge in [-0.2, -0.15) is 0 Å². The van der Waals surface area contributed by atoms with Crippen molar-refractivity contribution in [1.29, 1.82) is 0 Å². The van der Waals surface area contributed by atoms with Gasteiger partial charge in [0.05, 0.1) is 13.1 Å². The number of amides is 1. The van der Waals surface area contributed by atoms with Crippen LogP contribution in [-0.2, 0) is 9.59 Å². The lowest BCUT2D eigenvalue weighted by Gasteiger charge is -2.26. The Labute approximate surface area is 108 Å². The number of carboxylic acid groups (broad SMARTS) is 1. The highest BCUT2D eigenvalue weighted by Gasteiger charge is 2.27. The molecule has 1 amide bonds. The molecule has 0 saturated heterocycles. The molecular formula is C13H22N2O3. The second kappa shape index (κ2) is 6.18. The topological polar surface area (TPSA) is 69.6 Å². The van der Waals surface area contributed by atoms with Crippen LogP contribution in [0, 0.1) is 5.92 Å². The number of nitrogens with one attached hydrogen (secondary N) is 1. The SMILES string of the molecule is O=C(O)CN(CC(=O)NCC1CC1)C1CCCC1. The van der Waals surface area contributed by atoms with Crippen LogP contribution >= 0.6 is 0 Å². The number of carbonyl (C=O) groups excluding carboxylic acids is 1. The lowest BCUT2D eigenvalue weighted by Crippen LogP contribution is -2.44. The highest BCUT2D eigenvalue weighted by Crippen LogP contribution is 2.27. The molecule has 0 radical (unpaired) electrons. The molecule has 2 N–H and O–H groups in total. The minimum atomic E-state index is -0.850. The number of hydrogen-bond donors (Lipinski definition) is 2. The third kappa shape index (κ3) is 4.29. The summed E-state index contributed by atoms with van der Waals surface area (Å²) in [7, 11) is 0. The van der Waals surface area contributed by atoms with Gasteiger partial charge in [-0.3, -0.25) is 14.5 Å². The van der Waals surface area contributed by atoms with E-state index in [4.69, 9.17) is 5.11 Å². The van der Waals surface area contributed by atoms with Gasteiger partial charge in [0.15, 0.2) is 0 Å². The Morgan fingerprint density at radius 2 is 1.78 bits per heavy atom. The van der Waals surface area contributed by atoms with Crippen molar-refractivity contribution in [2.45, 2.75) is 44.6 Å². The monoisotopic (exact) mass is 254 g/mol. The van der Waals surface area contributed by atoms with Crippen LogP contribution in [0.4, 0.5) is 0 Å². The molecule has 5 heteroatoms. The molecule has 0 heterocycles. The van der Waals surface area contributed by atoms with E-state index in [0.29, 0.717) is 5.92 Å². The first kappa shape index (κ1) is 13.3. The fourth-order valence-electron chi connectivity index (χ4n) is 2.58. The molecule has 102 valence electrons.